The second-order valence-corrected chi connectivity index (χ2v) is 5.57. The zero-order valence-electron chi connectivity index (χ0n) is 11.2. The Morgan fingerprint density at radius 3 is 2.45 bits per heavy atom. The molecular formula is C12H14ClFN2O4. The number of benzene rings is 1. The lowest BCUT2D eigenvalue weighted by atomic mass is 10.0. The van der Waals surface area contributed by atoms with Gasteiger partial charge in [-0.15, -0.1) is 0 Å². The van der Waals surface area contributed by atoms with Gasteiger partial charge in [0.1, 0.15) is 18.0 Å². The molecule has 8 heteroatoms. The van der Waals surface area contributed by atoms with E-state index in [9.17, 15) is 19.3 Å². The predicted octanol–water partition coefficient (Wildman–Crippen LogP) is 3.08. The number of hydrogen-bond donors (Lipinski definition) is 1. The zero-order chi connectivity index (χ0) is 15.7. The van der Waals surface area contributed by atoms with Gasteiger partial charge in [0.2, 0.25) is 0 Å². The Labute approximate surface area is 119 Å². The minimum Gasteiger partial charge on any atom is -0.480 e. The molecule has 0 saturated carbocycles. The first-order valence-electron chi connectivity index (χ1n) is 5.67. The van der Waals surface area contributed by atoms with Crippen molar-refractivity contribution in [1.82, 2.24) is 0 Å². The highest BCUT2D eigenvalue weighted by atomic mass is 35.5. The molecule has 0 amide bonds. The van der Waals surface area contributed by atoms with E-state index in [4.69, 9.17) is 16.7 Å². The van der Waals surface area contributed by atoms with E-state index in [0.29, 0.717) is 0 Å². The minimum absolute atomic E-state index is 0.119. The average Bonchev–Trinajstić information content (AvgIpc) is 2.27. The van der Waals surface area contributed by atoms with Crippen LogP contribution in [0.5, 0.6) is 0 Å². The number of hydrogen-bond acceptors (Lipinski definition) is 4. The van der Waals surface area contributed by atoms with Gasteiger partial charge in [-0.25, -0.2) is 4.39 Å². The van der Waals surface area contributed by atoms with Crippen molar-refractivity contribution in [3.8, 4) is 0 Å². The Morgan fingerprint density at radius 2 is 2.05 bits per heavy atom. The normalized spacial score (nSPS) is 11.2. The zero-order valence-corrected chi connectivity index (χ0v) is 11.9. The molecule has 0 aliphatic rings. The summed E-state index contributed by atoms with van der Waals surface area (Å²) in [5.41, 5.74) is -1.30. The fourth-order valence-electron chi connectivity index (χ4n) is 1.71. The maximum Gasteiger partial charge on any atom is 0.323 e. The third kappa shape index (κ3) is 3.57. The van der Waals surface area contributed by atoms with Crippen molar-refractivity contribution in [3.63, 3.8) is 0 Å². The van der Waals surface area contributed by atoms with Crippen molar-refractivity contribution in [3.05, 3.63) is 33.1 Å². The second kappa shape index (κ2) is 5.62. The second-order valence-electron chi connectivity index (χ2n) is 5.16. The molecule has 0 spiro atoms. The van der Waals surface area contributed by atoms with Gasteiger partial charge >= 0.3 is 5.97 Å². The van der Waals surface area contributed by atoms with E-state index in [1.165, 1.54) is 4.90 Å². The summed E-state index contributed by atoms with van der Waals surface area (Å²) in [6.45, 7) is 4.52. The van der Waals surface area contributed by atoms with Crippen LogP contribution >= 0.6 is 11.6 Å². The molecule has 6 nitrogen and oxygen atoms in total. The van der Waals surface area contributed by atoms with Crippen molar-refractivity contribution < 1.29 is 19.2 Å². The summed E-state index contributed by atoms with van der Waals surface area (Å²) >= 11 is 5.54. The van der Waals surface area contributed by atoms with Crippen LogP contribution in [0.3, 0.4) is 0 Å². The summed E-state index contributed by atoms with van der Waals surface area (Å²) in [5, 5.41) is 19.6. The molecule has 1 N–H and O–H groups in total. The molecule has 0 heterocycles. The first-order valence-corrected chi connectivity index (χ1v) is 6.04. The van der Waals surface area contributed by atoms with Crippen LogP contribution in [-0.2, 0) is 4.79 Å². The Bertz CT molecular complexity index is 557. The van der Waals surface area contributed by atoms with Gasteiger partial charge in [-0.1, -0.05) is 11.6 Å². The summed E-state index contributed by atoms with van der Waals surface area (Å²) in [6.07, 6.45) is 0. The van der Waals surface area contributed by atoms with E-state index in [-0.39, 0.29) is 10.7 Å². The maximum absolute atomic E-state index is 13.6. The van der Waals surface area contributed by atoms with E-state index in [1.54, 1.807) is 20.8 Å². The molecule has 0 fully saturated rings. The Kier molecular flexibility index (Phi) is 4.54. The Balaban J connectivity index is 3.50. The van der Waals surface area contributed by atoms with Crippen molar-refractivity contribution >= 4 is 28.9 Å². The Morgan fingerprint density at radius 1 is 1.50 bits per heavy atom. The molecular weight excluding hydrogens is 291 g/mol. The third-order valence-corrected chi connectivity index (χ3v) is 2.90. The number of halogens is 2. The van der Waals surface area contributed by atoms with Gasteiger partial charge in [0.25, 0.3) is 5.69 Å². The maximum atomic E-state index is 13.6. The summed E-state index contributed by atoms with van der Waals surface area (Å²) in [5.74, 6) is -2.02. The highest BCUT2D eigenvalue weighted by Crippen LogP contribution is 2.36. The molecule has 0 atom stereocenters. The number of aliphatic carboxylic acids is 1. The molecule has 0 aliphatic heterocycles. The molecule has 0 aromatic heterocycles. The lowest BCUT2D eigenvalue weighted by molar-refractivity contribution is -0.384. The van der Waals surface area contributed by atoms with Crippen molar-refractivity contribution in [2.45, 2.75) is 26.3 Å². The number of nitro benzene ring substituents is 1. The summed E-state index contributed by atoms with van der Waals surface area (Å²) < 4.78 is 13.6. The third-order valence-electron chi connectivity index (χ3n) is 2.61. The number of nitro groups is 1. The van der Waals surface area contributed by atoms with Crippen LogP contribution in [0.15, 0.2) is 12.1 Å². The number of nitrogens with zero attached hydrogens (tertiary/aromatic N) is 2. The van der Waals surface area contributed by atoms with Crippen molar-refractivity contribution in [2.75, 3.05) is 11.4 Å². The van der Waals surface area contributed by atoms with Crippen LogP contribution in [-0.4, -0.2) is 28.1 Å². The summed E-state index contributed by atoms with van der Waals surface area (Å²) in [4.78, 5) is 22.5. The fraction of sp³-hybridized carbons (Fsp3) is 0.417. The molecule has 0 bridgehead atoms. The minimum atomic E-state index is -1.18. The van der Waals surface area contributed by atoms with E-state index < -0.39 is 34.5 Å². The molecule has 20 heavy (non-hydrogen) atoms. The molecule has 0 aliphatic carbocycles. The molecule has 1 aromatic carbocycles. The lowest BCUT2D eigenvalue weighted by Gasteiger charge is -2.36. The molecule has 1 aromatic rings. The highest BCUT2D eigenvalue weighted by molar-refractivity contribution is 6.31. The van der Waals surface area contributed by atoms with Gasteiger partial charge in [-0.2, -0.15) is 0 Å². The summed E-state index contributed by atoms with van der Waals surface area (Å²) in [7, 11) is 0. The van der Waals surface area contributed by atoms with E-state index in [0.717, 1.165) is 12.1 Å². The smallest absolute Gasteiger partial charge is 0.323 e. The Hall–Kier alpha value is -1.89. The van der Waals surface area contributed by atoms with E-state index in [2.05, 4.69) is 0 Å². The molecule has 0 radical (unpaired) electrons. The molecule has 110 valence electrons. The molecule has 1 rings (SSSR count). The van der Waals surface area contributed by atoms with Gasteiger partial charge < -0.3 is 10.0 Å². The monoisotopic (exact) mass is 304 g/mol. The number of anilines is 1. The number of carboxylic acid groups (broad SMARTS) is 1. The summed E-state index contributed by atoms with van der Waals surface area (Å²) in [6, 6.07) is 1.77. The van der Waals surface area contributed by atoms with E-state index >= 15 is 0 Å². The average molecular weight is 305 g/mol. The SMILES string of the molecule is CC(C)(C)N(CC(=O)O)c1cc(F)c(Cl)cc1[N+](=O)[O-]. The van der Waals surface area contributed by atoms with Gasteiger partial charge in [-0.3, -0.25) is 14.9 Å². The predicted molar refractivity (Wildman–Crippen MR) is 72.8 cm³/mol. The number of rotatable bonds is 4. The fourth-order valence-corrected chi connectivity index (χ4v) is 1.87. The molecule has 0 saturated heterocycles. The highest BCUT2D eigenvalue weighted by Gasteiger charge is 2.31. The first-order chi connectivity index (χ1) is 9.04. The van der Waals surface area contributed by atoms with Crippen LogP contribution in [0.4, 0.5) is 15.8 Å². The van der Waals surface area contributed by atoms with Crippen LogP contribution in [0.2, 0.25) is 5.02 Å². The van der Waals surface area contributed by atoms with Gasteiger partial charge in [0.15, 0.2) is 0 Å². The van der Waals surface area contributed by atoms with E-state index in [1.807, 2.05) is 0 Å². The van der Waals surface area contributed by atoms with Crippen molar-refractivity contribution in [2.24, 2.45) is 0 Å². The van der Waals surface area contributed by atoms with Crippen LogP contribution in [0.1, 0.15) is 20.8 Å². The standard InChI is InChI=1S/C12H14ClFN2O4/c1-12(2,3)15(6-11(17)18)9-5-8(14)7(13)4-10(9)16(19)20/h4-5H,6H2,1-3H3,(H,17,18). The van der Waals surface area contributed by atoms with Gasteiger partial charge in [-0.05, 0) is 20.8 Å². The topological polar surface area (TPSA) is 83.7 Å². The van der Waals surface area contributed by atoms with Crippen molar-refractivity contribution in [1.29, 1.82) is 0 Å². The van der Waals surface area contributed by atoms with Crippen LogP contribution in [0, 0.1) is 15.9 Å². The largest absolute Gasteiger partial charge is 0.480 e. The lowest BCUT2D eigenvalue weighted by Crippen LogP contribution is -2.45. The quantitative estimate of drug-likeness (QED) is 0.682. The van der Waals surface area contributed by atoms with Crippen LogP contribution in [0.25, 0.3) is 0 Å². The van der Waals surface area contributed by atoms with Gasteiger partial charge in [0.05, 0.1) is 9.95 Å². The number of carboxylic acids is 1. The van der Waals surface area contributed by atoms with Gasteiger partial charge in [0, 0.05) is 17.7 Å². The first kappa shape index (κ1) is 16.2. The number of carbonyl (C=O) groups is 1. The molecule has 0 unspecified atom stereocenters. The van der Waals surface area contributed by atoms with Crippen LogP contribution < -0.4 is 4.90 Å².